The minimum Gasteiger partial charge on any atom is -0.481 e. The van der Waals surface area contributed by atoms with Gasteiger partial charge in [-0.25, -0.2) is 4.39 Å². The van der Waals surface area contributed by atoms with E-state index >= 15 is 0 Å². The van der Waals surface area contributed by atoms with E-state index in [0.717, 1.165) is 24.0 Å². The van der Waals surface area contributed by atoms with Gasteiger partial charge in [-0.05, 0) is 49.4 Å². The Morgan fingerprint density at radius 1 is 1.38 bits per heavy atom. The van der Waals surface area contributed by atoms with E-state index in [1.54, 1.807) is 13.0 Å². The fraction of sp³-hybridized carbons (Fsp3) is 0.462. The number of aryl methyl sites for hydroxylation is 2. The van der Waals surface area contributed by atoms with Gasteiger partial charge in [0.15, 0.2) is 0 Å². The molecule has 2 rings (SSSR count). The SMILES string of the molecule is Cc1cc(C)c(C2(CC(=O)O)CC2)cc1F. The van der Waals surface area contributed by atoms with Crippen LogP contribution < -0.4 is 0 Å². The molecule has 1 aliphatic rings. The molecule has 0 amide bonds. The van der Waals surface area contributed by atoms with Crippen molar-refractivity contribution in [1.82, 2.24) is 0 Å². The van der Waals surface area contributed by atoms with E-state index in [4.69, 9.17) is 5.11 Å². The average molecular weight is 222 g/mol. The number of hydrogen-bond donors (Lipinski definition) is 1. The molecular formula is C13H15FO2. The summed E-state index contributed by atoms with van der Waals surface area (Å²) in [7, 11) is 0. The number of benzene rings is 1. The van der Waals surface area contributed by atoms with Crippen molar-refractivity contribution in [2.45, 2.75) is 38.5 Å². The quantitative estimate of drug-likeness (QED) is 0.853. The molecule has 0 spiro atoms. The van der Waals surface area contributed by atoms with E-state index in [1.165, 1.54) is 6.07 Å². The first-order valence-corrected chi connectivity index (χ1v) is 5.44. The Kier molecular flexibility index (Phi) is 2.49. The standard InChI is InChI=1S/C13H15FO2/c1-8-5-9(2)11(14)6-10(8)13(3-4-13)7-12(15)16/h5-6H,3-4,7H2,1-2H3,(H,15,16). The molecule has 1 saturated carbocycles. The van der Waals surface area contributed by atoms with Crippen molar-refractivity contribution in [2.75, 3.05) is 0 Å². The Morgan fingerprint density at radius 2 is 2.00 bits per heavy atom. The summed E-state index contributed by atoms with van der Waals surface area (Å²) in [6.07, 6.45) is 1.81. The molecule has 0 saturated heterocycles. The predicted octanol–water partition coefficient (Wildman–Crippen LogP) is 2.95. The van der Waals surface area contributed by atoms with Crippen LogP contribution in [0.4, 0.5) is 4.39 Å². The summed E-state index contributed by atoms with van der Waals surface area (Å²) in [5, 5.41) is 8.87. The normalized spacial score (nSPS) is 17.2. The van der Waals surface area contributed by atoms with Gasteiger partial charge in [-0.1, -0.05) is 6.07 Å². The Hall–Kier alpha value is -1.38. The van der Waals surface area contributed by atoms with Crippen LogP contribution in [0.2, 0.25) is 0 Å². The monoisotopic (exact) mass is 222 g/mol. The molecule has 1 fully saturated rings. The van der Waals surface area contributed by atoms with Crippen LogP contribution >= 0.6 is 0 Å². The number of hydrogen-bond acceptors (Lipinski definition) is 1. The molecule has 1 aliphatic carbocycles. The summed E-state index contributed by atoms with van der Waals surface area (Å²) in [5.41, 5.74) is 2.19. The van der Waals surface area contributed by atoms with E-state index in [-0.39, 0.29) is 17.7 Å². The van der Waals surface area contributed by atoms with E-state index < -0.39 is 5.97 Å². The molecule has 1 N–H and O–H groups in total. The topological polar surface area (TPSA) is 37.3 Å². The second-order valence-electron chi connectivity index (χ2n) is 4.77. The molecule has 2 nitrogen and oxygen atoms in total. The highest BCUT2D eigenvalue weighted by atomic mass is 19.1. The van der Waals surface area contributed by atoms with Gasteiger partial charge < -0.3 is 5.11 Å². The lowest BCUT2D eigenvalue weighted by molar-refractivity contribution is -0.137. The molecule has 0 aromatic heterocycles. The van der Waals surface area contributed by atoms with Gasteiger partial charge in [0.2, 0.25) is 0 Å². The number of rotatable bonds is 3. The van der Waals surface area contributed by atoms with Gasteiger partial charge in [-0.2, -0.15) is 0 Å². The molecule has 16 heavy (non-hydrogen) atoms. The van der Waals surface area contributed by atoms with Crippen molar-refractivity contribution in [3.63, 3.8) is 0 Å². The third-order valence-electron chi connectivity index (χ3n) is 3.42. The predicted molar refractivity (Wildman–Crippen MR) is 59.0 cm³/mol. The van der Waals surface area contributed by atoms with Crippen LogP contribution in [0.1, 0.15) is 36.0 Å². The molecule has 86 valence electrons. The lowest BCUT2D eigenvalue weighted by Crippen LogP contribution is -2.15. The second kappa shape index (κ2) is 3.58. The van der Waals surface area contributed by atoms with Crippen LogP contribution in [0.3, 0.4) is 0 Å². The second-order valence-corrected chi connectivity index (χ2v) is 4.77. The van der Waals surface area contributed by atoms with Crippen molar-refractivity contribution in [3.8, 4) is 0 Å². The van der Waals surface area contributed by atoms with Crippen LogP contribution in [0, 0.1) is 19.7 Å². The van der Waals surface area contributed by atoms with Crippen LogP contribution in [-0.4, -0.2) is 11.1 Å². The van der Waals surface area contributed by atoms with Gasteiger partial charge >= 0.3 is 5.97 Å². The summed E-state index contributed by atoms with van der Waals surface area (Å²) >= 11 is 0. The van der Waals surface area contributed by atoms with Gasteiger partial charge in [0.1, 0.15) is 5.82 Å². The van der Waals surface area contributed by atoms with Gasteiger partial charge in [0.25, 0.3) is 0 Å². The lowest BCUT2D eigenvalue weighted by Gasteiger charge is -2.17. The first-order chi connectivity index (χ1) is 7.44. The fourth-order valence-corrected chi connectivity index (χ4v) is 2.38. The molecule has 0 heterocycles. The van der Waals surface area contributed by atoms with E-state index in [9.17, 15) is 9.18 Å². The Labute approximate surface area is 94.1 Å². The van der Waals surface area contributed by atoms with Crippen molar-refractivity contribution < 1.29 is 14.3 Å². The van der Waals surface area contributed by atoms with Crippen molar-refractivity contribution in [2.24, 2.45) is 0 Å². The minimum absolute atomic E-state index is 0.107. The summed E-state index contributed by atoms with van der Waals surface area (Å²) < 4.78 is 13.5. The molecule has 0 unspecified atom stereocenters. The first kappa shape index (κ1) is 11.1. The molecule has 3 heteroatoms. The lowest BCUT2D eigenvalue weighted by atomic mass is 9.88. The third kappa shape index (κ3) is 1.82. The number of carboxylic acid groups (broad SMARTS) is 1. The molecule has 1 aromatic rings. The molecule has 1 aromatic carbocycles. The highest BCUT2D eigenvalue weighted by Gasteiger charge is 2.46. The molecule has 0 radical (unpaired) electrons. The molecule has 0 aliphatic heterocycles. The van der Waals surface area contributed by atoms with E-state index in [0.29, 0.717) is 5.56 Å². The zero-order valence-electron chi connectivity index (χ0n) is 9.51. The molecular weight excluding hydrogens is 207 g/mol. The maximum atomic E-state index is 13.5. The Morgan fingerprint density at radius 3 is 2.50 bits per heavy atom. The van der Waals surface area contributed by atoms with Gasteiger partial charge in [-0.3, -0.25) is 4.79 Å². The summed E-state index contributed by atoms with van der Waals surface area (Å²) in [6.45, 7) is 3.65. The zero-order chi connectivity index (χ0) is 11.9. The Balaban J connectivity index is 2.41. The fourth-order valence-electron chi connectivity index (χ4n) is 2.38. The largest absolute Gasteiger partial charge is 0.481 e. The van der Waals surface area contributed by atoms with Crippen molar-refractivity contribution in [1.29, 1.82) is 0 Å². The smallest absolute Gasteiger partial charge is 0.304 e. The highest BCUT2D eigenvalue weighted by Crippen LogP contribution is 2.52. The van der Waals surface area contributed by atoms with E-state index in [2.05, 4.69) is 0 Å². The maximum Gasteiger partial charge on any atom is 0.304 e. The minimum atomic E-state index is -0.808. The molecule has 0 bridgehead atoms. The van der Waals surface area contributed by atoms with Crippen LogP contribution in [0.15, 0.2) is 12.1 Å². The zero-order valence-corrected chi connectivity index (χ0v) is 9.51. The van der Waals surface area contributed by atoms with Gasteiger partial charge in [0, 0.05) is 5.41 Å². The van der Waals surface area contributed by atoms with Crippen LogP contribution in [0.5, 0.6) is 0 Å². The van der Waals surface area contributed by atoms with Crippen LogP contribution in [-0.2, 0) is 10.2 Å². The Bertz CT molecular complexity index is 447. The highest BCUT2D eigenvalue weighted by molar-refractivity contribution is 5.70. The van der Waals surface area contributed by atoms with E-state index in [1.807, 2.05) is 6.92 Å². The van der Waals surface area contributed by atoms with Crippen molar-refractivity contribution in [3.05, 3.63) is 34.6 Å². The first-order valence-electron chi connectivity index (χ1n) is 5.44. The summed E-state index contributed by atoms with van der Waals surface area (Å²) in [5.74, 6) is -1.05. The number of aliphatic carboxylic acids is 1. The number of carboxylic acids is 1. The van der Waals surface area contributed by atoms with Crippen molar-refractivity contribution >= 4 is 5.97 Å². The average Bonchev–Trinajstić information content (AvgIpc) is 2.91. The number of halogens is 1. The third-order valence-corrected chi connectivity index (χ3v) is 3.42. The molecule has 0 atom stereocenters. The van der Waals surface area contributed by atoms with Gasteiger partial charge in [0.05, 0.1) is 6.42 Å². The summed E-state index contributed by atoms with van der Waals surface area (Å²) in [4.78, 5) is 10.8. The summed E-state index contributed by atoms with van der Waals surface area (Å²) in [6, 6.07) is 3.31. The maximum absolute atomic E-state index is 13.5. The number of carbonyl (C=O) groups is 1. The van der Waals surface area contributed by atoms with Gasteiger partial charge in [-0.15, -0.1) is 0 Å². The van der Waals surface area contributed by atoms with Crippen LogP contribution in [0.25, 0.3) is 0 Å².